The highest BCUT2D eigenvalue weighted by Gasteiger charge is 2.34. The summed E-state index contributed by atoms with van der Waals surface area (Å²) in [7, 11) is -3.72. The first-order valence-electron chi connectivity index (χ1n) is 6.95. The average molecular weight is 343 g/mol. The van der Waals surface area contributed by atoms with Crippen LogP contribution >= 0.6 is 11.6 Å². The molecule has 3 rings (SSSR count). The van der Waals surface area contributed by atoms with E-state index >= 15 is 0 Å². The smallest absolute Gasteiger partial charge is 0.243 e. The van der Waals surface area contributed by atoms with Crippen molar-refractivity contribution in [3.05, 3.63) is 52.6 Å². The molecule has 0 fully saturated rings. The minimum atomic E-state index is -3.72. The van der Waals surface area contributed by atoms with Gasteiger partial charge in [0.2, 0.25) is 10.0 Å². The second-order valence-corrected chi connectivity index (χ2v) is 7.72. The molecule has 0 bridgehead atoms. The van der Waals surface area contributed by atoms with Gasteiger partial charge in [0.05, 0.1) is 16.0 Å². The molecule has 1 aromatic carbocycles. The standard InChI is InChI=1S/C15H16ClFN2O2S/c1-10-3-6-15-11(2)19(8-7-18(10)15)22(20,21)12-4-5-14(17)13(16)9-12/h3-6,9,11H,7-8H2,1-2H3/t11-/m0/s1. The number of aryl methyl sites for hydroxylation is 1. The van der Waals surface area contributed by atoms with Gasteiger partial charge >= 0.3 is 0 Å². The number of hydrogen-bond donors (Lipinski definition) is 0. The molecule has 4 nitrogen and oxygen atoms in total. The molecule has 0 saturated carbocycles. The van der Waals surface area contributed by atoms with Crippen LogP contribution in [0, 0.1) is 12.7 Å². The van der Waals surface area contributed by atoms with E-state index in [2.05, 4.69) is 4.57 Å². The van der Waals surface area contributed by atoms with Gasteiger partial charge in [-0.3, -0.25) is 0 Å². The zero-order chi connectivity index (χ0) is 16.1. The SMILES string of the molecule is Cc1ccc2n1CCN(S(=O)(=O)c1ccc(F)c(Cl)c1)[C@H]2C. The molecular weight excluding hydrogens is 327 g/mol. The van der Waals surface area contributed by atoms with E-state index < -0.39 is 15.8 Å². The van der Waals surface area contributed by atoms with Gasteiger partial charge in [-0.2, -0.15) is 4.31 Å². The van der Waals surface area contributed by atoms with E-state index in [4.69, 9.17) is 11.6 Å². The third kappa shape index (κ3) is 2.35. The second kappa shape index (κ2) is 5.37. The van der Waals surface area contributed by atoms with Gasteiger partial charge in [-0.1, -0.05) is 11.6 Å². The topological polar surface area (TPSA) is 42.3 Å². The molecule has 1 aliphatic heterocycles. The van der Waals surface area contributed by atoms with Crippen LogP contribution in [0.25, 0.3) is 0 Å². The van der Waals surface area contributed by atoms with Crippen molar-refractivity contribution in [2.75, 3.05) is 6.54 Å². The molecule has 7 heteroatoms. The summed E-state index contributed by atoms with van der Waals surface area (Å²) in [6, 6.07) is 7.14. The maximum atomic E-state index is 13.3. The summed E-state index contributed by atoms with van der Waals surface area (Å²) in [4.78, 5) is 0.0162. The first-order chi connectivity index (χ1) is 10.3. The van der Waals surface area contributed by atoms with Gasteiger partial charge in [-0.05, 0) is 44.2 Å². The predicted molar refractivity (Wildman–Crippen MR) is 82.9 cm³/mol. The monoisotopic (exact) mass is 342 g/mol. The third-order valence-corrected chi connectivity index (χ3v) is 6.39. The molecule has 1 aliphatic rings. The van der Waals surface area contributed by atoms with Crippen LogP contribution in [0.4, 0.5) is 4.39 Å². The van der Waals surface area contributed by atoms with E-state index in [1.165, 1.54) is 10.4 Å². The van der Waals surface area contributed by atoms with Gasteiger partial charge in [0.1, 0.15) is 5.82 Å². The van der Waals surface area contributed by atoms with Crippen molar-refractivity contribution >= 4 is 21.6 Å². The summed E-state index contributed by atoms with van der Waals surface area (Å²) in [5, 5.41) is -0.190. The van der Waals surface area contributed by atoms with Crippen molar-refractivity contribution in [3.8, 4) is 0 Å². The highest BCUT2D eigenvalue weighted by Crippen LogP contribution is 2.33. The first-order valence-corrected chi connectivity index (χ1v) is 8.77. The van der Waals surface area contributed by atoms with Gasteiger partial charge in [-0.15, -0.1) is 0 Å². The minimum absolute atomic E-state index is 0.0162. The number of halogens is 2. The van der Waals surface area contributed by atoms with Gasteiger partial charge in [0, 0.05) is 24.5 Å². The van der Waals surface area contributed by atoms with Gasteiger partial charge in [0.15, 0.2) is 0 Å². The van der Waals surface area contributed by atoms with Crippen LogP contribution in [0.5, 0.6) is 0 Å². The molecule has 0 amide bonds. The summed E-state index contributed by atoms with van der Waals surface area (Å²) in [5.74, 6) is -0.628. The lowest BCUT2D eigenvalue weighted by atomic mass is 10.2. The van der Waals surface area contributed by atoms with Crippen molar-refractivity contribution < 1.29 is 12.8 Å². The quantitative estimate of drug-likeness (QED) is 0.840. The maximum absolute atomic E-state index is 13.3. The van der Waals surface area contributed by atoms with E-state index in [1.807, 2.05) is 26.0 Å². The van der Waals surface area contributed by atoms with Gasteiger partial charge < -0.3 is 4.57 Å². The highest BCUT2D eigenvalue weighted by atomic mass is 35.5. The Balaban J connectivity index is 2.01. The van der Waals surface area contributed by atoms with Crippen LogP contribution in [0.1, 0.15) is 24.4 Å². The number of hydrogen-bond acceptors (Lipinski definition) is 2. The zero-order valence-corrected chi connectivity index (χ0v) is 13.8. The largest absolute Gasteiger partial charge is 0.346 e. The summed E-state index contributed by atoms with van der Waals surface area (Å²) in [6.07, 6.45) is 0. The molecule has 2 aromatic rings. The van der Waals surface area contributed by atoms with Crippen molar-refractivity contribution in [2.45, 2.75) is 31.3 Å². The fourth-order valence-corrected chi connectivity index (χ4v) is 4.77. The van der Waals surface area contributed by atoms with Crippen molar-refractivity contribution in [1.29, 1.82) is 0 Å². The molecule has 22 heavy (non-hydrogen) atoms. The Labute approximate surface area is 134 Å². The van der Waals surface area contributed by atoms with Crippen LogP contribution in [0.3, 0.4) is 0 Å². The Morgan fingerprint density at radius 1 is 1.23 bits per heavy atom. The Kier molecular flexibility index (Phi) is 3.79. The molecule has 0 spiro atoms. The number of nitrogens with zero attached hydrogens (tertiary/aromatic N) is 2. The Bertz CT molecular complexity index is 832. The van der Waals surface area contributed by atoms with E-state index in [0.29, 0.717) is 13.1 Å². The Hall–Kier alpha value is -1.37. The summed E-state index contributed by atoms with van der Waals surface area (Å²) in [6.45, 7) is 4.83. The third-order valence-electron chi connectivity index (χ3n) is 4.13. The summed E-state index contributed by atoms with van der Waals surface area (Å²) < 4.78 is 42.4. The van der Waals surface area contributed by atoms with Crippen LogP contribution in [-0.2, 0) is 16.6 Å². The van der Waals surface area contributed by atoms with E-state index in [-0.39, 0.29) is 16.0 Å². The van der Waals surface area contributed by atoms with Crippen molar-refractivity contribution in [1.82, 2.24) is 8.87 Å². The van der Waals surface area contributed by atoms with Gasteiger partial charge in [-0.25, -0.2) is 12.8 Å². The maximum Gasteiger partial charge on any atom is 0.243 e. The normalized spacial score (nSPS) is 19.2. The molecule has 1 atom stereocenters. The molecule has 0 unspecified atom stereocenters. The Morgan fingerprint density at radius 3 is 2.64 bits per heavy atom. The predicted octanol–water partition coefficient (Wildman–Crippen LogP) is 3.35. The number of rotatable bonds is 2. The number of fused-ring (bicyclic) bond motifs is 1. The fraction of sp³-hybridized carbons (Fsp3) is 0.333. The number of sulfonamides is 1. The summed E-state index contributed by atoms with van der Waals surface area (Å²) in [5.41, 5.74) is 2.07. The van der Waals surface area contributed by atoms with E-state index in [9.17, 15) is 12.8 Å². The van der Waals surface area contributed by atoms with Crippen molar-refractivity contribution in [3.63, 3.8) is 0 Å². The number of benzene rings is 1. The van der Waals surface area contributed by atoms with Crippen LogP contribution in [0.2, 0.25) is 5.02 Å². The number of aromatic nitrogens is 1. The van der Waals surface area contributed by atoms with E-state index in [0.717, 1.165) is 23.5 Å². The summed E-state index contributed by atoms with van der Waals surface area (Å²) >= 11 is 5.72. The molecule has 0 aliphatic carbocycles. The van der Waals surface area contributed by atoms with Gasteiger partial charge in [0.25, 0.3) is 0 Å². The van der Waals surface area contributed by atoms with Crippen molar-refractivity contribution in [2.24, 2.45) is 0 Å². The lowest BCUT2D eigenvalue weighted by molar-refractivity contribution is 0.280. The first kappa shape index (κ1) is 15.5. The van der Waals surface area contributed by atoms with Crippen LogP contribution in [-0.4, -0.2) is 23.8 Å². The lowest BCUT2D eigenvalue weighted by Gasteiger charge is -2.34. The molecule has 0 radical (unpaired) electrons. The molecule has 1 aromatic heterocycles. The van der Waals surface area contributed by atoms with Crippen LogP contribution in [0.15, 0.2) is 35.2 Å². The van der Waals surface area contributed by atoms with E-state index in [1.54, 1.807) is 0 Å². The Morgan fingerprint density at radius 2 is 1.95 bits per heavy atom. The molecule has 118 valence electrons. The fourth-order valence-electron chi connectivity index (χ4n) is 2.90. The zero-order valence-electron chi connectivity index (χ0n) is 12.3. The highest BCUT2D eigenvalue weighted by molar-refractivity contribution is 7.89. The molecule has 2 heterocycles. The second-order valence-electron chi connectivity index (χ2n) is 5.42. The van der Waals surface area contributed by atoms with Crippen LogP contribution < -0.4 is 0 Å². The molecule has 0 saturated heterocycles. The average Bonchev–Trinajstić information content (AvgIpc) is 2.84. The minimum Gasteiger partial charge on any atom is -0.346 e. The lowest BCUT2D eigenvalue weighted by Crippen LogP contribution is -2.41. The molecular formula is C15H16ClFN2O2S. The molecule has 0 N–H and O–H groups in total.